The number of nitriles is 1. The molecular weight excluding hydrogens is 674 g/mol. The number of halogens is 3. The van der Waals surface area contributed by atoms with Gasteiger partial charge in [0.2, 0.25) is 0 Å². The molecule has 0 radical (unpaired) electrons. The second-order valence-electron chi connectivity index (χ2n) is 12.4. The highest BCUT2D eigenvalue weighted by atomic mass is 35.5. The van der Waals surface area contributed by atoms with Gasteiger partial charge in [0, 0.05) is 35.5 Å². The molecule has 0 bridgehead atoms. The van der Waals surface area contributed by atoms with Gasteiger partial charge in [0.25, 0.3) is 0 Å². The van der Waals surface area contributed by atoms with Gasteiger partial charge in [-0.3, -0.25) is 4.98 Å². The lowest BCUT2D eigenvalue weighted by atomic mass is 9.92. The lowest BCUT2D eigenvalue weighted by Gasteiger charge is -2.37. The van der Waals surface area contributed by atoms with E-state index in [2.05, 4.69) is 32.0 Å². The number of fused-ring (bicyclic) bond motifs is 1. The summed E-state index contributed by atoms with van der Waals surface area (Å²) in [4.78, 5) is 17.8. The highest BCUT2D eigenvalue weighted by Crippen LogP contribution is 2.36. The van der Waals surface area contributed by atoms with Crippen molar-refractivity contribution in [3.63, 3.8) is 0 Å². The summed E-state index contributed by atoms with van der Waals surface area (Å²) in [5.74, 6) is -1.22. The maximum atomic E-state index is 15.7. The number of aromatic nitrogens is 4. The van der Waals surface area contributed by atoms with Gasteiger partial charge in [-0.15, -0.1) is 5.10 Å². The zero-order valence-corrected chi connectivity index (χ0v) is 27.8. The average Bonchev–Trinajstić information content (AvgIpc) is 3.63. The topological polar surface area (TPSA) is 132 Å². The Morgan fingerprint density at radius 3 is 2.51 bits per heavy atom. The number of piperidine rings is 1. The predicted molar refractivity (Wildman–Crippen MR) is 190 cm³/mol. The summed E-state index contributed by atoms with van der Waals surface area (Å²) in [6.07, 6.45) is 3.91. The summed E-state index contributed by atoms with van der Waals surface area (Å²) >= 11 is 6.01. The van der Waals surface area contributed by atoms with E-state index in [4.69, 9.17) is 11.6 Å². The first kappa shape index (κ1) is 33.4. The van der Waals surface area contributed by atoms with Gasteiger partial charge < -0.3 is 20.6 Å². The highest BCUT2D eigenvalue weighted by Gasteiger charge is 2.33. The summed E-state index contributed by atoms with van der Waals surface area (Å²) in [7, 11) is 0. The van der Waals surface area contributed by atoms with Gasteiger partial charge in [0.15, 0.2) is 5.82 Å². The quantitative estimate of drug-likeness (QED) is 0.137. The van der Waals surface area contributed by atoms with Crippen molar-refractivity contribution in [2.24, 2.45) is 0 Å². The number of nitrogens with zero attached hydrogens (tertiary/aromatic N) is 6. The Balaban J connectivity index is 1.21. The molecule has 0 saturated carbocycles. The largest absolute Gasteiger partial charge is 0.465 e. The number of rotatable bonds is 9. The van der Waals surface area contributed by atoms with E-state index >= 15 is 4.39 Å². The van der Waals surface area contributed by atoms with Gasteiger partial charge in [-0.1, -0.05) is 77.5 Å². The van der Waals surface area contributed by atoms with Crippen LogP contribution in [0, 0.1) is 23.0 Å². The van der Waals surface area contributed by atoms with Crippen molar-refractivity contribution in [3.05, 3.63) is 142 Å². The van der Waals surface area contributed by atoms with Gasteiger partial charge >= 0.3 is 6.09 Å². The molecule has 0 aliphatic carbocycles. The number of likely N-dealkylation sites (tertiary alicyclic amines) is 1. The van der Waals surface area contributed by atoms with E-state index in [-0.39, 0.29) is 33.9 Å². The number of anilines is 3. The number of nitrogens with one attached hydrogen (secondary N) is 2. The average molecular weight is 705 g/mol. The molecule has 3 unspecified atom stereocenters. The minimum atomic E-state index is -0.943. The molecule has 1 saturated heterocycles. The Morgan fingerprint density at radius 2 is 1.78 bits per heavy atom. The van der Waals surface area contributed by atoms with Crippen molar-refractivity contribution in [1.29, 1.82) is 5.26 Å². The molecule has 13 heteroatoms. The first-order valence-corrected chi connectivity index (χ1v) is 16.7. The number of amides is 1. The molecule has 1 amide bonds. The fourth-order valence-electron chi connectivity index (χ4n) is 6.62. The molecule has 6 aromatic rings. The van der Waals surface area contributed by atoms with Crippen molar-refractivity contribution >= 4 is 45.7 Å². The van der Waals surface area contributed by atoms with Gasteiger partial charge in [0.1, 0.15) is 23.1 Å². The molecule has 1 fully saturated rings. The van der Waals surface area contributed by atoms with Gasteiger partial charge in [-0.2, -0.15) is 5.26 Å². The van der Waals surface area contributed by atoms with Crippen LogP contribution in [0.25, 0.3) is 10.9 Å². The number of carboxylic acid groups (broad SMARTS) is 1. The van der Waals surface area contributed by atoms with E-state index < -0.39 is 23.8 Å². The van der Waals surface area contributed by atoms with E-state index in [1.54, 1.807) is 10.7 Å². The van der Waals surface area contributed by atoms with Crippen LogP contribution in [0.3, 0.4) is 0 Å². The van der Waals surface area contributed by atoms with Crippen LogP contribution in [0.4, 0.5) is 30.6 Å². The highest BCUT2D eigenvalue weighted by molar-refractivity contribution is 6.31. The summed E-state index contributed by atoms with van der Waals surface area (Å²) in [5.41, 5.74) is 3.74. The van der Waals surface area contributed by atoms with E-state index in [0.29, 0.717) is 48.3 Å². The molecule has 3 N–H and O–H groups in total. The molecule has 3 heterocycles. The Kier molecular flexibility index (Phi) is 9.46. The van der Waals surface area contributed by atoms with Crippen LogP contribution in [-0.4, -0.2) is 48.7 Å². The second kappa shape index (κ2) is 14.4. The van der Waals surface area contributed by atoms with Crippen LogP contribution in [0.1, 0.15) is 47.3 Å². The smallest absolute Gasteiger partial charge is 0.407 e. The molecule has 1 aliphatic heterocycles. The monoisotopic (exact) mass is 704 g/mol. The first-order valence-electron chi connectivity index (χ1n) is 16.3. The lowest BCUT2D eigenvalue weighted by Crippen LogP contribution is -2.47. The van der Waals surface area contributed by atoms with Crippen LogP contribution in [0.2, 0.25) is 5.02 Å². The summed E-state index contributed by atoms with van der Waals surface area (Å²) in [6, 6.07) is 27.6. The molecule has 7 rings (SSSR count). The molecular formula is C38H31ClF2N8O2. The zero-order chi connectivity index (χ0) is 35.5. The van der Waals surface area contributed by atoms with Crippen LogP contribution in [0.5, 0.6) is 0 Å². The third-order valence-corrected chi connectivity index (χ3v) is 9.41. The molecule has 2 aromatic heterocycles. The number of pyridine rings is 1. The van der Waals surface area contributed by atoms with Gasteiger partial charge in [0.05, 0.1) is 34.6 Å². The molecule has 1 aliphatic rings. The van der Waals surface area contributed by atoms with Crippen molar-refractivity contribution in [3.8, 4) is 6.07 Å². The van der Waals surface area contributed by atoms with Crippen molar-refractivity contribution < 1.29 is 18.7 Å². The van der Waals surface area contributed by atoms with Crippen LogP contribution >= 0.6 is 11.6 Å². The summed E-state index contributed by atoms with van der Waals surface area (Å²) in [5, 5.41) is 35.6. The first-order chi connectivity index (χ1) is 24.8. The van der Waals surface area contributed by atoms with E-state index in [1.807, 2.05) is 66.9 Å². The predicted octanol–water partition coefficient (Wildman–Crippen LogP) is 8.50. The minimum Gasteiger partial charge on any atom is -0.465 e. The SMILES string of the molecule is N#Cc1cnc2c(F)cc(NC(c3ccccc3)c3cn(C4CCN(C(=O)O)C(Cc5ccccc5)C4)nn3)cc2c1Nc1ccc(F)c(Cl)c1. The minimum absolute atomic E-state index is 0.0372. The van der Waals surface area contributed by atoms with Crippen molar-refractivity contribution in [2.45, 2.75) is 37.4 Å². The van der Waals surface area contributed by atoms with E-state index in [1.165, 1.54) is 35.4 Å². The Morgan fingerprint density at radius 1 is 1.02 bits per heavy atom. The van der Waals surface area contributed by atoms with Crippen LogP contribution in [-0.2, 0) is 6.42 Å². The van der Waals surface area contributed by atoms with Crippen LogP contribution in [0.15, 0.2) is 103 Å². The van der Waals surface area contributed by atoms with Gasteiger partial charge in [-0.05, 0) is 60.7 Å². The standard InChI is InChI=1S/C38H31ClF2N8O2/c39-31-17-26(11-12-32(31)40)44-35-25(20-42)21-43-37-30(35)16-27(18-33(37)41)45-36(24-9-5-2-6-10-24)34-22-49(47-46-34)28-13-14-48(38(50)51)29(19-28)15-23-7-3-1-4-8-23/h1-12,16-18,21-22,28-29,36,45H,13-15,19H2,(H,43,44)(H,50,51). The third kappa shape index (κ3) is 7.15. The fourth-order valence-corrected chi connectivity index (χ4v) is 6.80. The normalized spacial score (nSPS) is 16.4. The maximum Gasteiger partial charge on any atom is 0.407 e. The fraction of sp³-hybridized carbons (Fsp3) is 0.184. The lowest BCUT2D eigenvalue weighted by molar-refractivity contribution is 0.0887. The van der Waals surface area contributed by atoms with Crippen molar-refractivity contribution in [2.75, 3.05) is 17.2 Å². The maximum absolute atomic E-state index is 15.7. The third-order valence-electron chi connectivity index (χ3n) is 9.12. The molecule has 10 nitrogen and oxygen atoms in total. The Labute approximate surface area is 296 Å². The molecule has 3 atom stereocenters. The zero-order valence-electron chi connectivity index (χ0n) is 27.0. The van der Waals surface area contributed by atoms with E-state index in [9.17, 15) is 19.6 Å². The number of carbonyl (C=O) groups is 1. The molecule has 51 heavy (non-hydrogen) atoms. The van der Waals surface area contributed by atoms with Crippen LogP contribution < -0.4 is 10.6 Å². The van der Waals surface area contributed by atoms with Crippen molar-refractivity contribution in [1.82, 2.24) is 24.9 Å². The summed E-state index contributed by atoms with van der Waals surface area (Å²) in [6.45, 7) is 0.364. The van der Waals surface area contributed by atoms with Gasteiger partial charge in [-0.25, -0.2) is 18.3 Å². The van der Waals surface area contributed by atoms with E-state index in [0.717, 1.165) is 11.1 Å². The number of benzene rings is 4. The summed E-state index contributed by atoms with van der Waals surface area (Å²) < 4.78 is 31.4. The Hall–Kier alpha value is -6.06. The number of hydrogen-bond donors (Lipinski definition) is 3. The Bertz CT molecular complexity index is 2250. The molecule has 0 spiro atoms. The number of hydrogen-bond acceptors (Lipinski definition) is 7. The second-order valence-corrected chi connectivity index (χ2v) is 12.8. The molecule has 4 aromatic carbocycles. The molecule has 256 valence electrons.